The summed E-state index contributed by atoms with van der Waals surface area (Å²) < 4.78 is 34.9. The summed E-state index contributed by atoms with van der Waals surface area (Å²) in [6, 6.07) is 78.0. The molecule has 66 heavy (non-hydrogen) atoms. The third-order valence-electron chi connectivity index (χ3n) is 13.0. The van der Waals surface area contributed by atoms with E-state index >= 15 is 9.13 Å². The molecule has 0 radical (unpaired) electrons. The zero-order chi connectivity index (χ0) is 44.8. The Bertz CT molecular complexity index is 3720. The highest BCUT2D eigenvalue weighted by molar-refractivity contribution is 7.85. The van der Waals surface area contributed by atoms with Gasteiger partial charge in [-0.05, 0) is 104 Å². The van der Waals surface area contributed by atoms with E-state index < -0.39 is 14.3 Å². The van der Waals surface area contributed by atoms with E-state index in [0.717, 1.165) is 87.0 Å². The summed E-state index contributed by atoms with van der Waals surface area (Å²) in [4.78, 5) is 0. The van der Waals surface area contributed by atoms with Gasteiger partial charge in [0.25, 0.3) is 0 Å². The first-order chi connectivity index (χ1) is 32.4. The van der Waals surface area contributed by atoms with Crippen LogP contribution >= 0.6 is 14.3 Å². The Morgan fingerprint density at radius 3 is 1.14 bits per heavy atom. The zero-order valence-corrected chi connectivity index (χ0v) is 38.5. The molecule has 4 nitrogen and oxygen atoms in total. The first-order valence-corrected chi connectivity index (χ1v) is 25.8. The van der Waals surface area contributed by atoms with Crippen molar-refractivity contribution < 1.29 is 9.13 Å². The van der Waals surface area contributed by atoms with Crippen LogP contribution in [0.25, 0.3) is 67.4 Å². The first-order valence-electron chi connectivity index (χ1n) is 22.4. The lowest BCUT2D eigenvalue weighted by atomic mass is 10.0. The third-order valence-corrected chi connectivity index (χ3v) is 19.2. The highest BCUT2D eigenvalue weighted by Gasteiger charge is 2.31. The molecule has 0 N–H and O–H groups in total. The third kappa shape index (κ3) is 6.68. The van der Waals surface area contributed by atoms with Crippen LogP contribution in [0.5, 0.6) is 0 Å². The maximum absolute atomic E-state index is 15.2. The van der Waals surface area contributed by atoms with Crippen molar-refractivity contribution in [3.05, 3.63) is 241 Å². The van der Waals surface area contributed by atoms with Gasteiger partial charge in [0.2, 0.25) is 0 Å². The second-order valence-electron chi connectivity index (χ2n) is 16.6. The summed E-state index contributed by atoms with van der Waals surface area (Å²) >= 11 is 0. The molecule has 0 amide bonds. The minimum Gasteiger partial charge on any atom is -0.310 e. The number of nitrogens with zero attached hydrogens (tertiary/aromatic N) is 2. The molecule has 0 fully saturated rings. The van der Waals surface area contributed by atoms with E-state index in [4.69, 9.17) is 0 Å². The lowest BCUT2D eigenvalue weighted by molar-refractivity contribution is 0.591. The summed E-state index contributed by atoms with van der Waals surface area (Å²) in [6.45, 7) is 4.20. The van der Waals surface area contributed by atoms with Crippen LogP contribution in [0.1, 0.15) is 13.8 Å². The molecule has 2 heterocycles. The standard InChI is InChI=1S/C60H46N2O2P2/c1-3-53-55-41-43(29-39-59(55)61(57(53)4-2)45-31-35-51(36-32-45)65(63,47-19-9-5-10-20-47)48-21-11-6-12-22-48)44-30-40-60-56(42-44)54-27-17-18-28-58(54)62(60)46-33-37-52(38-34-46)66(64,49-23-13-7-14-24-49)50-25-15-8-16-26-50/h3-42H,1-2H3/b53-3-,57-4+. The van der Waals surface area contributed by atoms with Gasteiger partial charge in [0.1, 0.15) is 0 Å². The molecular formula is C60H46N2O2P2. The fourth-order valence-electron chi connectivity index (χ4n) is 9.88. The highest BCUT2D eigenvalue weighted by Crippen LogP contribution is 2.44. The monoisotopic (exact) mass is 888 g/mol. The summed E-state index contributed by atoms with van der Waals surface area (Å²) in [5.74, 6) is 0. The molecule has 2 aromatic heterocycles. The van der Waals surface area contributed by atoms with Gasteiger partial charge in [-0.1, -0.05) is 164 Å². The molecule has 0 spiro atoms. The van der Waals surface area contributed by atoms with Gasteiger partial charge in [-0.2, -0.15) is 0 Å². The first kappa shape index (κ1) is 41.2. The van der Waals surface area contributed by atoms with Gasteiger partial charge in [-0.25, -0.2) is 0 Å². The van der Waals surface area contributed by atoms with Crippen molar-refractivity contribution >= 4 is 91.0 Å². The van der Waals surface area contributed by atoms with Crippen LogP contribution in [-0.4, -0.2) is 9.13 Å². The summed E-state index contributed by atoms with van der Waals surface area (Å²) in [5.41, 5.74) is 7.60. The molecule has 0 saturated heterocycles. The van der Waals surface area contributed by atoms with E-state index in [0.29, 0.717) is 0 Å². The summed E-state index contributed by atoms with van der Waals surface area (Å²) in [7, 11) is -6.22. The molecule has 0 unspecified atom stereocenters. The van der Waals surface area contributed by atoms with Gasteiger partial charge >= 0.3 is 0 Å². The second kappa shape index (κ2) is 16.8. The van der Waals surface area contributed by atoms with Crippen molar-refractivity contribution in [1.29, 1.82) is 0 Å². The Morgan fingerprint density at radius 1 is 0.333 bits per heavy atom. The predicted molar refractivity (Wildman–Crippen MR) is 281 cm³/mol. The van der Waals surface area contributed by atoms with Crippen molar-refractivity contribution in [2.75, 3.05) is 0 Å². The molecule has 0 atom stereocenters. The van der Waals surface area contributed by atoms with Crippen molar-refractivity contribution in [2.45, 2.75) is 13.8 Å². The number of benzene rings is 9. The normalized spacial score (nSPS) is 12.7. The maximum Gasteiger partial charge on any atom is 0.171 e. The Balaban J connectivity index is 0.986. The summed E-state index contributed by atoms with van der Waals surface area (Å²) in [6.07, 6.45) is 4.38. The van der Waals surface area contributed by atoms with E-state index in [1.54, 1.807) is 0 Å². The molecule has 0 aliphatic rings. The van der Waals surface area contributed by atoms with Gasteiger partial charge in [-0.3, -0.25) is 0 Å². The number of para-hydroxylation sites is 1. The van der Waals surface area contributed by atoms with E-state index in [1.807, 2.05) is 146 Å². The van der Waals surface area contributed by atoms with Crippen LogP contribution in [-0.2, 0) is 9.13 Å². The van der Waals surface area contributed by atoms with Gasteiger partial charge in [0.15, 0.2) is 14.3 Å². The quantitative estimate of drug-likeness (QED) is 0.136. The lowest BCUT2D eigenvalue weighted by Gasteiger charge is -2.20. The van der Waals surface area contributed by atoms with Crippen molar-refractivity contribution in [2.24, 2.45) is 0 Å². The molecule has 0 aliphatic heterocycles. The SMILES string of the molecule is C/C=c1\c(=C/C)n(-c2ccc(P(=O)(c3ccccc3)c3ccccc3)cc2)c2ccc(-c3ccc4c(c3)c3ccccc3n4-c3ccc(P(=O)(c4ccccc4)c4ccccc4)cc3)cc12. The highest BCUT2D eigenvalue weighted by atomic mass is 31.2. The Hall–Kier alpha value is -7.48. The Kier molecular flexibility index (Phi) is 10.5. The van der Waals surface area contributed by atoms with Gasteiger partial charge < -0.3 is 18.3 Å². The fourth-order valence-corrected chi connectivity index (χ4v) is 15.2. The van der Waals surface area contributed by atoms with E-state index in [9.17, 15) is 0 Å². The van der Waals surface area contributed by atoms with Crippen LogP contribution in [0, 0.1) is 0 Å². The zero-order valence-electron chi connectivity index (χ0n) is 36.7. The van der Waals surface area contributed by atoms with E-state index in [-0.39, 0.29) is 0 Å². The minimum atomic E-state index is -3.11. The molecule has 11 aromatic rings. The molecule has 6 heteroatoms. The van der Waals surface area contributed by atoms with E-state index in [2.05, 4.69) is 120 Å². The van der Waals surface area contributed by atoms with Crippen LogP contribution < -0.4 is 42.4 Å². The summed E-state index contributed by atoms with van der Waals surface area (Å²) in [5, 5.41) is 10.7. The molecular weight excluding hydrogens is 843 g/mol. The number of hydrogen-bond donors (Lipinski definition) is 0. The number of hydrogen-bond acceptors (Lipinski definition) is 2. The van der Waals surface area contributed by atoms with Crippen molar-refractivity contribution in [1.82, 2.24) is 9.13 Å². The molecule has 0 bridgehead atoms. The average molecular weight is 889 g/mol. The Labute approximate surface area is 384 Å². The van der Waals surface area contributed by atoms with Crippen molar-refractivity contribution in [3.8, 4) is 22.5 Å². The number of fused-ring (bicyclic) bond motifs is 4. The lowest BCUT2D eigenvalue weighted by Crippen LogP contribution is -2.28. The maximum atomic E-state index is 15.2. The van der Waals surface area contributed by atoms with Gasteiger partial charge in [0.05, 0.1) is 16.6 Å². The second-order valence-corrected chi connectivity index (χ2v) is 22.2. The van der Waals surface area contributed by atoms with Gasteiger partial charge in [-0.15, -0.1) is 0 Å². The molecule has 318 valence electrons. The van der Waals surface area contributed by atoms with Crippen molar-refractivity contribution in [3.63, 3.8) is 0 Å². The average Bonchev–Trinajstić information content (AvgIpc) is 3.91. The fraction of sp³-hybridized carbons (Fsp3) is 0.0333. The van der Waals surface area contributed by atoms with E-state index in [1.165, 1.54) is 10.6 Å². The number of rotatable bonds is 9. The Morgan fingerprint density at radius 2 is 0.697 bits per heavy atom. The molecule has 0 saturated carbocycles. The molecule has 9 aromatic carbocycles. The van der Waals surface area contributed by atoms with Crippen LogP contribution in [0.2, 0.25) is 0 Å². The molecule has 0 aliphatic carbocycles. The minimum absolute atomic E-state index is 0.803. The largest absolute Gasteiger partial charge is 0.310 e. The molecule has 11 rings (SSSR count). The predicted octanol–water partition coefficient (Wildman–Crippen LogP) is 11.3. The van der Waals surface area contributed by atoms with Crippen LogP contribution in [0.3, 0.4) is 0 Å². The smallest absolute Gasteiger partial charge is 0.171 e. The van der Waals surface area contributed by atoms with Crippen LogP contribution in [0.15, 0.2) is 231 Å². The topological polar surface area (TPSA) is 44.0 Å². The van der Waals surface area contributed by atoms with Gasteiger partial charge in [0, 0.05) is 69.9 Å². The number of aromatic nitrogens is 2. The van der Waals surface area contributed by atoms with Crippen LogP contribution in [0.4, 0.5) is 0 Å².